The highest BCUT2D eigenvalue weighted by Gasteiger charge is 2.31. The molecule has 3 aromatic rings. The highest BCUT2D eigenvalue weighted by Crippen LogP contribution is 2.41. The molecule has 0 bridgehead atoms. The molecule has 2 heterocycles. The molecular formula is C24H23N3O3. The third kappa shape index (κ3) is 3.39. The fourth-order valence-electron chi connectivity index (χ4n) is 3.80. The number of carbonyl (C=O) groups excluding carboxylic acids is 1. The van der Waals surface area contributed by atoms with Crippen LogP contribution in [0.25, 0.3) is 5.69 Å². The van der Waals surface area contributed by atoms with E-state index < -0.39 is 0 Å². The summed E-state index contributed by atoms with van der Waals surface area (Å²) in [5.74, 6) is 4.12. The number of carbonyl (C=O) groups is 1. The maximum Gasteiger partial charge on any atom is 0.226 e. The molecular weight excluding hydrogens is 378 g/mol. The van der Waals surface area contributed by atoms with Crippen LogP contribution < -0.4 is 14.8 Å². The van der Waals surface area contributed by atoms with Crippen LogP contribution in [0, 0.1) is 26.2 Å². The van der Waals surface area contributed by atoms with Crippen LogP contribution in [-0.4, -0.2) is 29.4 Å². The molecule has 1 aliphatic rings. The minimum absolute atomic E-state index is 0.0498. The van der Waals surface area contributed by atoms with Gasteiger partial charge in [0.1, 0.15) is 12.4 Å². The minimum Gasteiger partial charge on any atom is -0.493 e. The van der Waals surface area contributed by atoms with Crippen molar-refractivity contribution in [2.45, 2.75) is 26.2 Å². The molecule has 6 heteroatoms. The third-order valence-electron chi connectivity index (χ3n) is 5.53. The number of hydrogen-bond acceptors (Lipinski definition) is 4. The first-order chi connectivity index (χ1) is 14.5. The van der Waals surface area contributed by atoms with Crippen molar-refractivity contribution >= 4 is 11.7 Å². The molecule has 0 spiro atoms. The van der Waals surface area contributed by atoms with E-state index in [0.717, 1.165) is 22.4 Å². The van der Waals surface area contributed by atoms with Gasteiger partial charge in [-0.3, -0.25) is 4.79 Å². The predicted octanol–water partition coefficient (Wildman–Crippen LogP) is 3.98. The molecule has 1 atom stereocenters. The van der Waals surface area contributed by atoms with E-state index in [9.17, 15) is 4.79 Å². The van der Waals surface area contributed by atoms with Crippen molar-refractivity contribution in [1.82, 2.24) is 9.78 Å². The molecule has 1 amide bonds. The van der Waals surface area contributed by atoms with Crippen LogP contribution in [0.4, 0.5) is 5.82 Å². The van der Waals surface area contributed by atoms with Crippen LogP contribution in [-0.2, 0) is 4.79 Å². The monoisotopic (exact) mass is 401 g/mol. The lowest BCUT2D eigenvalue weighted by Gasteiger charge is -2.25. The average molecular weight is 401 g/mol. The fourth-order valence-corrected chi connectivity index (χ4v) is 3.80. The van der Waals surface area contributed by atoms with Gasteiger partial charge < -0.3 is 14.8 Å². The molecule has 0 saturated carbocycles. The molecule has 4 rings (SSSR count). The fraction of sp³-hybridized carbons (Fsp3) is 0.250. The average Bonchev–Trinajstić information content (AvgIpc) is 3.17. The first-order valence-corrected chi connectivity index (χ1v) is 9.72. The standard InChI is InChI=1S/C24H23N3O3/c1-5-11-30-21-10-9-17(12-22(21)29-4)18-13-23(28)26-24-19(18)14-25-27(24)20-8-6-7-15(2)16(20)3/h1,6-10,12,14,18H,11,13H2,2-4H3,(H,26,28). The van der Waals surface area contributed by atoms with E-state index in [2.05, 4.69) is 36.2 Å². The van der Waals surface area contributed by atoms with Gasteiger partial charge in [-0.1, -0.05) is 24.1 Å². The second-order valence-corrected chi connectivity index (χ2v) is 7.29. The second-order valence-electron chi connectivity index (χ2n) is 7.29. The van der Waals surface area contributed by atoms with Gasteiger partial charge in [-0.05, 0) is 48.7 Å². The highest BCUT2D eigenvalue weighted by atomic mass is 16.5. The Balaban J connectivity index is 1.77. The Morgan fingerprint density at radius 1 is 1.27 bits per heavy atom. The predicted molar refractivity (Wildman–Crippen MR) is 115 cm³/mol. The highest BCUT2D eigenvalue weighted by molar-refractivity contribution is 5.94. The van der Waals surface area contributed by atoms with Crippen LogP contribution >= 0.6 is 0 Å². The number of terminal acetylenes is 1. The lowest BCUT2D eigenvalue weighted by molar-refractivity contribution is -0.116. The summed E-state index contributed by atoms with van der Waals surface area (Å²) in [6, 6.07) is 11.7. The molecule has 0 saturated heterocycles. The topological polar surface area (TPSA) is 65.4 Å². The summed E-state index contributed by atoms with van der Waals surface area (Å²) in [6.45, 7) is 4.28. The number of ether oxygens (including phenoxy) is 2. The van der Waals surface area contributed by atoms with E-state index in [1.54, 1.807) is 7.11 Å². The number of nitrogens with one attached hydrogen (secondary N) is 1. The summed E-state index contributed by atoms with van der Waals surface area (Å²) >= 11 is 0. The Kier molecular flexibility index (Phi) is 5.20. The zero-order valence-corrected chi connectivity index (χ0v) is 17.2. The van der Waals surface area contributed by atoms with E-state index >= 15 is 0 Å². The number of rotatable bonds is 5. The number of anilines is 1. The minimum atomic E-state index is -0.136. The zero-order chi connectivity index (χ0) is 21.3. The number of methoxy groups -OCH3 is 1. The van der Waals surface area contributed by atoms with Crippen molar-refractivity contribution < 1.29 is 14.3 Å². The van der Waals surface area contributed by atoms with Crippen molar-refractivity contribution in [3.8, 4) is 29.5 Å². The van der Waals surface area contributed by atoms with E-state index in [1.165, 1.54) is 5.56 Å². The number of benzene rings is 2. The normalized spacial score (nSPS) is 15.1. The van der Waals surface area contributed by atoms with Crippen molar-refractivity contribution in [2.75, 3.05) is 19.0 Å². The summed E-state index contributed by atoms with van der Waals surface area (Å²) in [7, 11) is 1.58. The van der Waals surface area contributed by atoms with Crippen molar-refractivity contribution in [1.29, 1.82) is 0 Å². The molecule has 1 unspecified atom stereocenters. The summed E-state index contributed by atoms with van der Waals surface area (Å²) in [5, 5.41) is 7.61. The van der Waals surface area contributed by atoms with Gasteiger partial charge in [-0.25, -0.2) is 4.68 Å². The largest absolute Gasteiger partial charge is 0.493 e. The second kappa shape index (κ2) is 7.96. The molecule has 0 fully saturated rings. The molecule has 1 aliphatic heterocycles. The number of nitrogens with zero attached hydrogens (tertiary/aromatic N) is 2. The molecule has 1 N–H and O–H groups in total. The zero-order valence-electron chi connectivity index (χ0n) is 17.2. The third-order valence-corrected chi connectivity index (χ3v) is 5.53. The van der Waals surface area contributed by atoms with Crippen molar-refractivity contribution in [3.63, 3.8) is 0 Å². The molecule has 2 aromatic carbocycles. The maximum absolute atomic E-state index is 12.6. The Morgan fingerprint density at radius 3 is 2.87 bits per heavy atom. The Bertz CT molecular complexity index is 1160. The Morgan fingerprint density at radius 2 is 2.10 bits per heavy atom. The quantitative estimate of drug-likeness (QED) is 0.657. The number of amides is 1. The molecule has 0 aliphatic carbocycles. The van der Waals surface area contributed by atoms with E-state index in [1.807, 2.05) is 41.2 Å². The van der Waals surface area contributed by atoms with Gasteiger partial charge in [0.25, 0.3) is 0 Å². The van der Waals surface area contributed by atoms with Crippen LogP contribution in [0.3, 0.4) is 0 Å². The number of aromatic nitrogens is 2. The maximum atomic E-state index is 12.6. The Hall–Kier alpha value is -3.72. The summed E-state index contributed by atoms with van der Waals surface area (Å²) in [4.78, 5) is 12.6. The summed E-state index contributed by atoms with van der Waals surface area (Å²) in [5.41, 5.74) is 5.17. The number of fused-ring (bicyclic) bond motifs is 1. The van der Waals surface area contributed by atoms with Crippen molar-refractivity contribution in [3.05, 3.63) is 64.8 Å². The number of aryl methyl sites for hydroxylation is 1. The molecule has 6 nitrogen and oxygen atoms in total. The smallest absolute Gasteiger partial charge is 0.226 e. The van der Waals surface area contributed by atoms with E-state index in [0.29, 0.717) is 23.7 Å². The Labute approximate surface area is 175 Å². The first kappa shape index (κ1) is 19.6. The van der Waals surface area contributed by atoms with Gasteiger partial charge in [0.05, 0.1) is 19.0 Å². The molecule has 0 radical (unpaired) electrons. The molecule has 1 aromatic heterocycles. The lowest BCUT2D eigenvalue weighted by Crippen LogP contribution is -2.24. The lowest BCUT2D eigenvalue weighted by atomic mass is 9.87. The van der Waals surface area contributed by atoms with E-state index in [-0.39, 0.29) is 18.4 Å². The first-order valence-electron chi connectivity index (χ1n) is 9.72. The van der Waals surface area contributed by atoms with Crippen LogP contribution in [0.1, 0.15) is 34.6 Å². The van der Waals surface area contributed by atoms with Crippen LogP contribution in [0.2, 0.25) is 0 Å². The van der Waals surface area contributed by atoms with Crippen molar-refractivity contribution in [2.24, 2.45) is 0 Å². The van der Waals surface area contributed by atoms with Gasteiger partial charge >= 0.3 is 0 Å². The van der Waals surface area contributed by atoms with Gasteiger partial charge in [0, 0.05) is 17.9 Å². The van der Waals surface area contributed by atoms with Gasteiger partial charge in [-0.15, -0.1) is 6.42 Å². The number of hydrogen-bond donors (Lipinski definition) is 1. The molecule has 152 valence electrons. The van der Waals surface area contributed by atoms with Crippen LogP contribution in [0.15, 0.2) is 42.6 Å². The van der Waals surface area contributed by atoms with Crippen LogP contribution in [0.5, 0.6) is 11.5 Å². The van der Waals surface area contributed by atoms with Gasteiger partial charge in [0.15, 0.2) is 11.5 Å². The summed E-state index contributed by atoms with van der Waals surface area (Å²) in [6.07, 6.45) is 7.45. The van der Waals surface area contributed by atoms with Gasteiger partial charge in [-0.2, -0.15) is 5.10 Å². The SMILES string of the molecule is C#CCOc1ccc(C2CC(=O)Nc3c2cnn3-c2cccc(C)c2C)cc1OC. The summed E-state index contributed by atoms with van der Waals surface area (Å²) < 4.78 is 12.8. The van der Waals surface area contributed by atoms with E-state index in [4.69, 9.17) is 15.9 Å². The molecule has 30 heavy (non-hydrogen) atoms. The van der Waals surface area contributed by atoms with Gasteiger partial charge in [0.2, 0.25) is 5.91 Å².